The Morgan fingerprint density at radius 2 is 2.13 bits per heavy atom. The molecule has 0 radical (unpaired) electrons. The smallest absolute Gasteiger partial charge is 0.242 e. The number of carbonyl (C=O) groups excluding carboxylic acids is 1. The summed E-state index contributed by atoms with van der Waals surface area (Å²) in [6.45, 7) is 3.28. The fraction of sp³-hybridized carbons (Fsp3) is 0.611. The van der Waals surface area contributed by atoms with Crippen LogP contribution in [-0.4, -0.2) is 30.0 Å². The molecule has 0 spiro atoms. The van der Waals surface area contributed by atoms with Gasteiger partial charge in [0.15, 0.2) is 0 Å². The van der Waals surface area contributed by atoms with Crippen molar-refractivity contribution in [3.8, 4) is 6.07 Å². The first kappa shape index (κ1) is 15.8. The molecule has 1 aromatic heterocycles. The van der Waals surface area contributed by atoms with Crippen molar-refractivity contribution in [2.45, 2.75) is 51.5 Å². The molecule has 2 heterocycles. The van der Waals surface area contributed by atoms with Gasteiger partial charge in [0.05, 0.1) is 11.3 Å². The van der Waals surface area contributed by atoms with Crippen LogP contribution in [0.25, 0.3) is 0 Å². The number of piperazine rings is 1. The number of nitrogens with one attached hydrogen (secondary N) is 1. The number of nitrogens with zero attached hydrogens (tertiary/aromatic N) is 3. The van der Waals surface area contributed by atoms with Crippen molar-refractivity contribution < 1.29 is 4.79 Å². The molecule has 5 heteroatoms. The molecule has 1 saturated carbocycles. The molecule has 23 heavy (non-hydrogen) atoms. The topological polar surface area (TPSA) is 69.0 Å². The Balaban J connectivity index is 1.81. The van der Waals surface area contributed by atoms with Crippen LogP contribution in [0.4, 0.5) is 5.82 Å². The molecule has 0 unspecified atom stereocenters. The SMILES string of the molecule is Cc1nc(N2CCNC(=O)[C@@H]2CC2CCCCC2)ccc1C#N. The van der Waals surface area contributed by atoms with Crippen LogP contribution in [0.15, 0.2) is 12.1 Å². The Bertz CT molecular complexity index is 616. The molecule has 2 fully saturated rings. The van der Waals surface area contributed by atoms with Crippen molar-refractivity contribution in [3.05, 3.63) is 23.4 Å². The molecule has 1 aliphatic heterocycles. The van der Waals surface area contributed by atoms with E-state index >= 15 is 0 Å². The highest BCUT2D eigenvalue weighted by Gasteiger charge is 2.33. The van der Waals surface area contributed by atoms with Gasteiger partial charge in [0, 0.05) is 13.1 Å². The summed E-state index contributed by atoms with van der Waals surface area (Å²) in [4.78, 5) is 19.1. The van der Waals surface area contributed by atoms with Crippen molar-refractivity contribution in [1.29, 1.82) is 5.26 Å². The monoisotopic (exact) mass is 312 g/mol. The van der Waals surface area contributed by atoms with Crippen LogP contribution in [0.1, 0.15) is 49.8 Å². The molecule has 2 aliphatic rings. The quantitative estimate of drug-likeness (QED) is 0.931. The molecule has 1 N–H and O–H groups in total. The lowest BCUT2D eigenvalue weighted by Gasteiger charge is -2.38. The maximum absolute atomic E-state index is 12.4. The fourth-order valence-electron chi connectivity index (χ4n) is 3.79. The van der Waals surface area contributed by atoms with Crippen LogP contribution >= 0.6 is 0 Å². The van der Waals surface area contributed by atoms with Crippen LogP contribution in [0.3, 0.4) is 0 Å². The summed E-state index contributed by atoms with van der Waals surface area (Å²) in [6, 6.07) is 5.70. The summed E-state index contributed by atoms with van der Waals surface area (Å²) in [7, 11) is 0. The summed E-state index contributed by atoms with van der Waals surface area (Å²) < 4.78 is 0. The Morgan fingerprint density at radius 1 is 1.35 bits per heavy atom. The third-order valence-electron chi connectivity index (χ3n) is 5.10. The molecule has 0 bridgehead atoms. The zero-order valence-electron chi connectivity index (χ0n) is 13.7. The first-order valence-electron chi connectivity index (χ1n) is 8.61. The molecule has 1 saturated heterocycles. The van der Waals surface area contributed by atoms with E-state index in [0.29, 0.717) is 18.0 Å². The summed E-state index contributed by atoms with van der Waals surface area (Å²) >= 11 is 0. The molecule has 0 aromatic carbocycles. The number of hydrogen-bond donors (Lipinski definition) is 1. The minimum Gasteiger partial charge on any atom is -0.353 e. The van der Waals surface area contributed by atoms with E-state index in [9.17, 15) is 4.79 Å². The number of aryl methyl sites for hydroxylation is 1. The number of nitriles is 1. The minimum atomic E-state index is -0.133. The molecular formula is C18H24N4O. The second-order valence-electron chi connectivity index (χ2n) is 6.65. The number of anilines is 1. The normalized spacial score (nSPS) is 22.5. The maximum atomic E-state index is 12.4. The molecule has 5 nitrogen and oxygen atoms in total. The Labute approximate surface area is 137 Å². The van der Waals surface area contributed by atoms with Crippen LogP contribution < -0.4 is 10.2 Å². The average Bonchev–Trinajstić information content (AvgIpc) is 2.57. The van der Waals surface area contributed by atoms with E-state index in [1.54, 1.807) is 0 Å². The zero-order chi connectivity index (χ0) is 16.2. The zero-order valence-corrected chi connectivity index (χ0v) is 13.7. The molecule has 1 aliphatic carbocycles. The second kappa shape index (κ2) is 6.99. The third-order valence-corrected chi connectivity index (χ3v) is 5.10. The van der Waals surface area contributed by atoms with Crippen molar-refractivity contribution in [1.82, 2.24) is 10.3 Å². The van der Waals surface area contributed by atoms with Gasteiger partial charge in [-0.2, -0.15) is 5.26 Å². The number of carbonyl (C=O) groups is 1. The lowest BCUT2D eigenvalue weighted by atomic mass is 9.84. The van der Waals surface area contributed by atoms with Crippen LogP contribution in [0.5, 0.6) is 0 Å². The van der Waals surface area contributed by atoms with E-state index in [-0.39, 0.29) is 11.9 Å². The van der Waals surface area contributed by atoms with Gasteiger partial charge < -0.3 is 10.2 Å². The first-order valence-corrected chi connectivity index (χ1v) is 8.61. The van der Waals surface area contributed by atoms with Crippen LogP contribution in [0.2, 0.25) is 0 Å². The number of hydrogen-bond acceptors (Lipinski definition) is 4. The van der Waals surface area contributed by atoms with Gasteiger partial charge in [0.25, 0.3) is 0 Å². The van der Waals surface area contributed by atoms with Gasteiger partial charge in [-0.1, -0.05) is 32.1 Å². The van der Waals surface area contributed by atoms with Crippen molar-refractivity contribution in [2.24, 2.45) is 5.92 Å². The van der Waals surface area contributed by atoms with Crippen molar-refractivity contribution in [3.63, 3.8) is 0 Å². The van der Waals surface area contributed by atoms with E-state index in [2.05, 4.69) is 21.3 Å². The molecule has 1 aromatic rings. The molecule has 122 valence electrons. The Kier molecular flexibility index (Phi) is 4.80. The molecule has 3 rings (SSSR count). The molecule has 1 atom stereocenters. The van der Waals surface area contributed by atoms with Crippen LogP contribution in [0, 0.1) is 24.2 Å². The van der Waals surface area contributed by atoms with Crippen molar-refractivity contribution in [2.75, 3.05) is 18.0 Å². The summed E-state index contributed by atoms with van der Waals surface area (Å²) in [5, 5.41) is 12.1. The van der Waals surface area contributed by atoms with E-state index in [1.807, 2.05) is 19.1 Å². The summed E-state index contributed by atoms with van der Waals surface area (Å²) in [5.41, 5.74) is 1.33. The molecular weight excluding hydrogens is 288 g/mol. The second-order valence-corrected chi connectivity index (χ2v) is 6.65. The van der Waals surface area contributed by atoms with E-state index in [4.69, 9.17) is 5.26 Å². The predicted octanol–water partition coefficient (Wildman–Crippen LogP) is 2.54. The highest BCUT2D eigenvalue weighted by Crippen LogP contribution is 2.30. The highest BCUT2D eigenvalue weighted by atomic mass is 16.2. The average molecular weight is 312 g/mol. The Hall–Kier alpha value is -2.09. The number of aromatic nitrogens is 1. The van der Waals surface area contributed by atoms with Crippen LogP contribution in [-0.2, 0) is 4.79 Å². The highest BCUT2D eigenvalue weighted by molar-refractivity contribution is 5.86. The maximum Gasteiger partial charge on any atom is 0.242 e. The van der Waals surface area contributed by atoms with Gasteiger partial charge in [-0.25, -0.2) is 4.98 Å². The van der Waals surface area contributed by atoms with Gasteiger partial charge >= 0.3 is 0 Å². The fourth-order valence-corrected chi connectivity index (χ4v) is 3.79. The van der Waals surface area contributed by atoms with Gasteiger partial charge in [0.2, 0.25) is 5.91 Å². The van der Waals surface area contributed by atoms with E-state index < -0.39 is 0 Å². The lowest BCUT2D eigenvalue weighted by Crippen LogP contribution is -2.56. The summed E-state index contributed by atoms with van der Waals surface area (Å²) in [6.07, 6.45) is 7.27. The lowest BCUT2D eigenvalue weighted by molar-refractivity contribution is -0.123. The van der Waals surface area contributed by atoms with Gasteiger partial charge in [-0.3, -0.25) is 4.79 Å². The van der Waals surface area contributed by atoms with E-state index in [1.165, 1.54) is 32.1 Å². The van der Waals surface area contributed by atoms with E-state index in [0.717, 1.165) is 24.5 Å². The predicted molar refractivity (Wildman–Crippen MR) is 89.0 cm³/mol. The third kappa shape index (κ3) is 3.47. The van der Waals surface area contributed by atoms with Gasteiger partial charge in [-0.05, 0) is 31.4 Å². The van der Waals surface area contributed by atoms with Gasteiger partial charge in [-0.15, -0.1) is 0 Å². The van der Waals surface area contributed by atoms with Gasteiger partial charge in [0.1, 0.15) is 17.9 Å². The van der Waals surface area contributed by atoms with Crippen molar-refractivity contribution >= 4 is 11.7 Å². The Morgan fingerprint density at radius 3 is 2.83 bits per heavy atom. The number of rotatable bonds is 3. The standard InChI is InChI=1S/C18H24N4O/c1-13-15(12-19)7-8-17(21-13)22-10-9-20-18(23)16(22)11-14-5-3-2-4-6-14/h7-8,14,16H,2-6,9-11H2,1H3,(H,20,23)/t16-/m0/s1. The number of pyridine rings is 1. The summed E-state index contributed by atoms with van der Waals surface area (Å²) in [5.74, 6) is 1.57. The largest absolute Gasteiger partial charge is 0.353 e. The first-order chi connectivity index (χ1) is 11.2. The molecule has 1 amide bonds. The number of amides is 1. The minimum absolute atomic E-state index is 0.116.